The summed E-state index contributed by atoms with van der Waals surface area (Å²) in [6.45, 7) is 7.85. The Morgan fingerprint density at radius 1 is 1.29 bits per heavy atom. The predicted octanol–water partition coefficient (Wildman–Crippen LogP) is 3.51. The van der Waals surface area contributed by atoms with Crippen molar-refractivity contribution in [3.63, 3.8) is 0 Å². The monoisotopic (exact) mass is 248 g/mol. The van der Waals surface area contributed by atoms with Crippen LogP contribution in [0.4, 0.5) is 5.13 Å². The van der Waals surface area contributed by atoms with Crippen LogP contribution in [0.2, 0.25) is 0 Å². The summed E-state index contributed by atoms with van der Waals surface area (Å²) < 4.78 is 1.16. The SMILES string of the molecule is Cc1ccc(C)c2sc(NC(=O)C(C)C)nc12. The van der Waals surface area contributed by atoms with Crippen molar-refractivity contribution in [2.24, 2.45) is 5.92 Å². The number of aromatic nitrogens is 1. The molecule has 17 heavy (non-hydrogen) atoms. The van der Waals surface area contributed by atoms with Gasteiger partial charge in [-0.3, -0.25) is 4.79 Å². The molecular weight excluding hydrogens is 232 g/mol. The molecule has 0 bridgehead atoms. The molecule has 90 valence electrons. The van der Waals surface area contributed by atoms with Crippen LogP contribution in [0, 0.1) is 19.8 Å². The molecule has 0 saturated heterocycles. The number of carbonyl (C=O) groups excluding carboxylic acids is 1. The molecule has 0 saturated carbocycles. The van der Waals surface area contributed by atoms with E-state index in [-0.39, 0.29) is 11.8 Å². The zero-order chi connectivity index (χ0) is 12.6. The van der Waals surface area contributed by atoms with E-state index < -0.39 is 0 Å². The lowest BCUT2D eigenvalue weighted by Crippen LogP contribution is -2.17. The number of benzene rings is 1. The molecule has 0 unspecified atom stereocenters. The average Bonchev–Trinajstić information content (AvgIpc) is 2.68. The highest BCUT2D eigenvalue weighted by Crippen LogP contribution is 2.30. The Morgan fingerprint density at radius 2 is 1.94 bits per heavy atom. The minimum atomic E-state index is -0.0239. The minimum Gasteiger partial charge on any atom is -0.302 e. The molecule has 1 aromatic heterocycles. The molecule has 1 heterocycles. The standard InChI is InChI=1S/C13H16N2OS/c1-7(2)12(16)15-13-14-10-8(3)5-6-9(4)11(10)17-13/h5-7H,1-4H3,(H,14,15,16). The number of nitrogens with one attached hydrogen (secondary N) is 1. The van der Waals surface area contributed by atoms with E-state index >= 15 is 0 Å². The number of amides is 1. The van der Waals surface area contributed by atoms with Crippen molar-refractivity contribution in [1.82, 2.24) is 4.98 Å². The Hall–Kier alpha value is -1.42. The number of hydrogen-bond acceptors (Lipinski definition) is 3. The summed E-state index contributed by atoms with van der Waals surface area (Å²) in [5, 5.41) is 3.54. The summed E-state index contributed by atoms with van der Waals surface area (Å²) in [5.41, 5.74) is 3.34. The molecule has 3 nitrogen and oxygen atoms in total. The molecule has 1 aromatic carbocycles. The fourth-order valence-corrected chi connectivity index (χ4v) is 2.58. The van der Waals surface area contributed by atoms with E-state index in [2.05, 4.69) is 29.4 Å². The molecule has 0 spiro atoms. The number of anilines is 1. The second kappa shape index (κ2) is 4.45. The zero-order valence-electron chi connectivity index (χ0n) is 10.5. The normalized spacial score (nSPS) is 11.1. The Balaban J connectivity index is 2.41. The third-order valence-corrected chi connectivity index (χ3v) is 3.80. The zero-order valence-corrected chi connectivity index (χ0v) is 11.3. The van der Waals surface area contributed by atoms with Gasteiger partial charge in [0, 0.05) is 5.92 Å². The second-order valence-electron chi connectivity index (χ2n) is 4.54. The second-order valence-corrected chi connectivity index (χ2v) is 5.54. The first-order valence-electron chi connectivity index (χ1n) is 5.66. The van der Waals surface area contributed by atoms with Gasteiger partial charge in [0.15, 0.2) is 5.13 Å². The highest BCUT2D eigenvalue weighted by atomic mass is 32.1. The Morgan fingerprint density at radius 3 is 2.53 bits per heavy atom. The molecule has 0 aliphatic rings. The largest absolute Gasteiger partial charge is 0.302 e. The summed E-state index contributed by atoms with van der Waals surface area (Å²) in [4.78, 5) is 16.1. The topological polar surface area (TPSA) is 42.0 Å². The van der Waals surface area contributed by atoms with Crippen LogP contribution in [0.3, 0.4) is 0 Å². The van der Waals surface area contributed by atoms with Gasteiger partial charge in [0.1, 0.15) is 0 Å². The van der Waals surface area contributed by atoms with Crippen molar-refractivity contribution in [3.8, 4) is 0 Å². The van der Waals surface area contributed by atoms with Gasteiger partial charge in [-0.1, -0.05) is 37.3 Å². The lowest BCUT2D eigenvalue weighted by molar-refractivity contribution is -0.118. The van der Waals surface area contributed by atoms with Gasteiger partial charge in [-0.25, -0.2) is 4.98 Å². The molecule has 0 atom stereocenters. The van der Waals surface area contributed by atoms with Crippen LogP contribution in [0.1, 0.15) is 25.0 Å². The van der Waals surface area contributed by atoms with Crippen LogP contribution < -0.4 is 5.32 Å². The Labute approximate surface area is 105 Å². The van der Waals surface area contributed by atoms with Gasteiger partial charge in [-0.2, -0.15) is 0 Å². The molecule has 0 radical (unpaired) electrons. The minimum absolute atomic E-state index is 0.0133. The van der Waals surface area contributed by atoms with Gasteiger partial charge in [-0.15, -0.1) is 0 Å². The van der Waals surface area contributed by atoms with Gasteiger partial charge < -0.3 is 5.32 Å². The van der Waals surface area contributed by atoms with Crippen molar-refractivity contribution >= 4 is 32.6 Å². The first-order valence-corrected chi connectivity index (χ1v) is 6.48. The van der Waals surface area contributed by atoms with Crippen LogP contribution in [0.15, 0.2) is 12.1 Å². The molecule has 1 N–H and O–H groups in total. The summed E-state index contributed by atoms with van der Waals surface area (Å²) >= 11 is 1.54. The van der Waals surface area contributed by atoms with E-state index in [0.29, 0.717) is 5.13 Å². The highest BCUT2D eigenvalue weighted by Gasteiger charge is 2.12. The molecule has 0 aliphatic heterocycles. The summed E-state index contributed by atoms with van der Waals surface area (Å²) in [7, 11) is 0. The summed E-state index contributed by atoms with van der Waals surface area (Å²) in [6.07, 6.45) is 0. The third-order valence-electron chi connectivity index (χ3n) is 2.70. The van der Waals surface area contributed by atoms with E-state index in [0.717, 1.165) is 15.8 Å². The maximum Gasteiger partial charge on any atom is 0.228 e. The lowest BCUT2D eigenvalue weighted by atomic mass is 10.1. The van der Waals surface area contributed by atoms with Gasteiger partial charge in [0.2, 0.25) is 5.91 Å². The predicted molar refractivity (Wildman–Crippen MR) is 72.6 cm³/mol. The van der Waals surface area contributed by atoms with E-state index in [1.54, 1.807) is 11.3 Å². The lowest BCUT2D eigenvalue weighted by Gasteiger charge is -2.02. The molecule has 4 heteroatoms. The molecule has 0 aliphatic carbocycles. The average molecular weight is 248 g/mol. The summed E-state index contributed by atoms with van der Waals surface area (Å²) in [6, 6.07) is 4.15. The molecule has 2 aromatic rings. The fraction of sp³-hybridized carbons (Fsp3) is 0.385. The molecule has 2 rings (SSSR count). The van der Waals surface area contributed by atoms with Crippen LogP contribution in [-0.2, 0) is 4.79 Å². The Bertz CT molecular complexity index is 533. The van der Waals surface area contributed by atoms with Crippen molar-refractivity contribution in [3.05, 3.63) is 23.3 Å². The number of thiazole rings is 1. The van der Waals surface area contributed by atoms with Gasteiger partial charge in [0.05, 0.1) is 10.2 Å². The van der Waals surface area contributed by atoms with E-state index in [9.17, 15) is 4.79 Å². The molecule has 1 amide bonds. The fourth-order valence-electron chi connectivity index (χ4n) is 1.56. The van der Waals surface area contributed by atoms with Gasteiger partial charge in [-0.05, 0) is 25.0 Å². The number of fused-ring (bicyclic) bond motifs is 1. The van der Waals surface area contributed by atoms with Crippen molar-refractivity contribution < 1.29 is 4.79 Å². The van der Waals surface area contributed by atoms with E-state index in [4.69, 9.17) is 0 Å². The molecule has 0 fully saturated rings. The number of nitrogens with zero attached hydrogens (tertiary/aromatic N) is 1. The summed E-state index contributed by atoms with van der Waals surface area (Å²) in [5.74, 6) is -0.0106. The van der Waals surface area contributed by atoms with Crippen LogP contribution in [-0.4, -0.2) is 10.9 Å². The first-order chi connectivity index (χ1) is 7.99. The number of rotatable bonds is 2. The maximum absolute atomic E-state index is 11.6. The van der Waals surface area contributed by atoms with Gasteiger partial charge >= 0.3 is 0 Å². The quantitative estimate of drug-likeness (QED) is 0.883. The van der Waals surface area contributed by atoms with Crippen LogP contribution in [0.5, 0.6) is 0 Å². The number of carbonyl (C=O) groups is 1. The van der Waals surface area contributed by atoms with Crippen molar-refractivity contribution in [1.29, 1.82) is 0 Å². The first kappa shape index (κ1) is 12.0. The smallest absolute Gasteiger partial charge is 0.228 e. The Kier molecular flexibility index (Phi) is 3.15. The van der Waals surface area contributed by atoms with Crippen LogP contribution in [0.25, 0.3) is 10.2 Å². The highest BCUT2D eigenvalue weighted by molar-refractivity contribution is 7.22. The van der Waals surface area contributed by atoms with Gasteiger partial charge in [0.25, 0.3) is 0 Å². The van der Waals surface area contributed by atoms with Crippen LogP contribution >= 0.6 is 11.3 Å². The molecular formula is C13H16N2OS. The van der Waals surface area contributed by atoms with E-state index in [1.165, 1.54) is 5.56 Å². The van der Waals surface area contributed by atoms with E-state index in [1.807, 2.05) is 20.8 Å². The van der Waals surface area contributed by atoms with Crippen molar-refractivity contribution in [2.75, 3.05) is 5.32 Å². The maximum atomic E-state index is 11.6. The third kappa shape index (κ3) is 2.31. The number of aryl methyl sites for hydroxylation is 2. The number of hydrogen-bond donors (Lipinski definition) is 1. The van der Waals surface area contributed by atoms with Crippen molar-refractivity contribution in [2.45, 2.75) is 27.7 Å².